The first-order valence-electron chi connectivity index (χ1n) is 17.6. The van der Waals surface area contributed by atoms with Gasteiger partial charge in [0.2, 0.25) is 11.8 Å². The molecule has 7 nitrogen and oxygen atoms in total. The van der Waals surface area contributed by atoms with E-state index in [0.29, 0.717) is 43.5 Å². The van der Waals surface area contributed by atoms with E-state index in [9.17, 15) is 9.59 Å². The summed E-state index contributed by atoms with van der Waals surface area (Å²) in [5.74, 6) is 0.756. The number of hydrogen-bond acceptors (Lipinski definition) is 5. The molecule has 2 amide bonds. The lowest BCUT2D eigenvalue weighted by molar-refractivity contribution is -0.138. The minimum atomic E-state index is -0.615. The Bertz CT molecular complexity index is 1230. The van der Waals surface area contributed by atoms with E-state index >= 15 is 0 Å². The third-order valence-corrected chi connectivity index (χ3v) is 11.0. The minimum Gasteiger partial charge on any atom is -0.343 e. The number of carbonyl (C=O) groups is 2. The lowest BCUT2D eigenvalue weighted by Gasteiger charge is -2.43. The van der Waals surface area contributed by atoms with Crippen molar-refractivity contribution in [3.05, 3.63) is 70.2 Å². The maximum absolute atomic E-state index is 14.1. The summed E-state index contributed by atoms with van der Waals surface area (Å²) in [5.41, 5.74) is 3.42. The van der Waals surface area contributed by atoms with Crippen LogP contribution in [-0.4, -0.2) is 90.5 Å². The van der Waals surface area contributed by atoms with Crippen LogP contribution in [0.3, 0.4) is 0 Å². The van der Waals surface area contributed by atoms with Crippen LogP contribution in [0.15, 0.2) is 48.5 Å². The summed E-state index contributed by atoms with van der Waals surface area (Å²) in [6, 6.07) is 15.5. The Hall–Kier alpha value is -2.45. The van der Waals surface area contributed by atoms with E-state index < -0.39 is 6.04 Å². The second-order valence-electron chi connectivity index (χ2n) is 13.9. The average Bonchev–Trinajstić information content (AvgIpc) is 3.09. The smallest absolute Gasteiger partial charge is 0.245 e. The fourth-order valence-electron chi connectivity index (χ4n) is 8.08. The van der Waals surface area contributed by atoms with E-state index in [0.717, 1.165) is 31.1 Å². The van der Waals surface area contributed by atoms with Crippen LogP contribution in [0, 0.1) is 5.92 Å². The third-order valence-electron chi connectivity index (χ3n) is 10.8. The van der Waals surface area contributed by atoms with Crippen molar-refractivity contribution in [1.29, 1.82) is 0 Å². The van der Waals surface area contributed by atoms with Gasteiger partial charge >= 0.3 is 0 Å². The normalized spacial score (nSPS) is 23.2. The van der Waals surface area contributed by atoms with Gasteiger partial charge in [-0.2, -0.15) is 0 Å². The molecule has 244 valence electrons. The number of amides is 2. The fourth-order valence-corrected chi connectivity index (χ4v) is 8.21. The summed E-state index contributed by atoms with van der Waals surface area (Å²) < 4.78 is 0. The van der Waals surface area contributed by atoms with Crippen molar-refractivity contribution in [3.8, 4) is 0 Å². The van der Waals surface area contributed by atoms with E-state index in [1.54, 1.807) is 0 Å². The van der Waals surface area contributed by atoms with E-state index in [2.05, 4.69) is 32.6 Å². The molecule has 3 unspecified atom stereocenters. The zero-order chi connectivity index (χ0) is 31.0. The molecule has 4 aliphatic rings. The number of rotatable bonds is 10. The Morgan fingerprint density at radius 2 is 1.53 bits per heavy atom. The summed E-state index contributed by atoms with van der Waals surface area (Å²) in [6.45, 7) is 7.51. The molecule has 1 aliphatic carbocycles. The number of fused-ring (bicyclic) bond motifs is 1. The number of hydrogen-bond donors (Lipinski definition) is 2. The number of benzene rings is 2. The first kappa shape index (κ1) is 32.5. The van der Waals surface area contributed by atoms with E-state index in [1.165, 1.54) is 82.0 Å². The standard InChI is InChI=1S/C37H52ClN5O2/c38-32-15-13-29(14-16-32)24-35(40-36(44)34-25-30-11-5-6-12-31(30)26-39-34)37(45)43-21-19-42(20-22-43)33(23-28-9-3-1-4-10-28)27-41-17-7-2-8-18-41/h5-6,11-16,28,33-35,39H,1-4,7-10,17-27H2,(H,40,44). The SMILES string of the molecule is O=C(NC(Cc1ccc(Cl)cc1)C(=O)N1CCN(C(CC2CCCCC2)CN2CCCCC2)CC1)C1Cc2ccccc2CN1. The highest BCUT2D eigenvalue weighted by Crippen LogP contribution is 2.30. The second-order valence-corrected chi connectivity index (χ2v) is 14.4. The zero-order valence-corrected chi connectivity index (χ0v) is 27.7. The summed E-state index contributed by atoms with van der Waals surface area (Å²) in [5, 5.41) is 7.23. The fraction of sp³-hybridized carbons (Fsp3) is 0.622. The van der Waals surface area contributed by atoms with Gasteiger partial charge in [-0.15, -0.1) is 0 Å². The van der Waals surface area contributed by atoms with Gasteiger partial charge < -0.3 is 20.4 Å². The lowest BCUT2D eigenvalue weighted by Crippen LogP contribution is -2.60. The molecule has 6 rings (SSSR count). The predicted molar refractivity (Wildman–Crippen MR) is 181 cm³/mol. The van der Waals surface area contributed by atoms with Gasteiger partial charge in [-0.25, -0.2) is 0 Å². The molecule has 3 heterocycles. The van der Waals surface area contributed by atoms with E-state index in [4.69, 9.17) is 11.6 Å². The average molecular weight is 634 g/mol. The number of halogens is 1. The number of piperazine rings is 1. The topological polar surface area (TPSA) is 67.9 Å². The minimum absolute atomic E-state index is 0.0222. The molecule has 3 atom stereocenters. The van der Waals surface area contributed by atoms with Crippen molar-refractivity contribution in [1.82, 2.24) is 25.3 Å². The van der Waals surface area contributed by atoms with Gasteiger partial charge in [0.05, 0.1) is 6.04 Å². The molecule has 45 heavy (non-hydrogen) atoms. The number of nitrogens with one attached hydrogen (secondary N) is 2. The summed E-state index contributed by atoms with van der Waals surface area (Å²) >= 11 is 6.16. The molecule has 0 spiro atoms. The Balaban J connectivity index is 1.10. The van der Waals surface area contributed by atoms with Crippen molar-refractivity contribution < 1.29 is 9.59 Å². The maximum Gasteiger partial charge on any atom is 0.245 e. The quantitative estimate of drug-likeness (QED) is 0.383. The highest BCUT2D eigenvalue weighted by atomic mass is 35.5. The first-order chi connectivity index (χ1) is 22.0. The molecular formula is C37H52ClN5O2. The Labute approximate surface area is 275 Å². The second kappa shape index (κ2) is 15.9. The largest absolute Gasteiger partial charge is 0.343 e. The van der Waals surface area contributed by atoms with Crippen molar-refractivity contribution in [3.63, 3.8) is 0 Å². The van der Waals surface area contributed by atoms with Crippen molar-refractivity contribution in [2.45, 2.75) is 95.3 Å². The summed E-state index contributed by atoms with van der Waals surface area (Å²) in [4.78, 5) is 35.1. The van der Waals surface area contributed by atoms with E-state index in [1.807, 2.05) is 41.3 Å². The van der Waals surface area contributed by atoms with Gasteiger partial charge in [-0.1, -0.05) is 86.5 Å². The number of nitrogens with zero attached hydrogens (tertiary/aromatic N) is 3. The van der Waals surface area contributed by atoms with Crippen molar-refractivity contribution in [2.24, 2.45) is 5.92 Å². The molecule has 2 aromatic carbocycles. The molecule has 3 aliphatic heterocycles. The van der Waals surface area contributed by atoms with Crippen LogP contribution in [0.2, 0.25) is 5.02 Å². The number of likely N-dealkylation sites (tertiary alicyclic amines) is 1. The Morgan fingerprint density at radius 3 is 2.27 bits per heavy atom. The van der Waals surface area contributed by atoms with Crippen LogP contribution in [0.5, 0.6) is 0 Å². The van der Waals surface area contributed by atoms with Crippen LogP contribution in [0.25, 0.3) is 0 Å². The van der Waals surface area contributed by atoms with Crippen LogP contribution >= 0.6 is 11.6 Å². The lowest BCUT2D eigenvalue weighted by atomic mass is 9.84. The van der Waals surface area contributed by atoms with Crippen LogP contribution < -0.4 is 10.6 Å². The van der Waals surface area contributed by atoms with Crippen LogP contribution in [0.4, 0.5) is 0 Å². The van der Waals surface area contributed by atoms with Gasteiger partial charge in [0.25, 0.3) is 0 Å². The summed E-state index contributed by atoms with van der Waals surface area (Å²) in [6.07, 6.45) is 13.3. The molecular weight excluding hydrogens is 582 g/mol. The van der Waals surface area contributed by atoms with Gasteiger partial charge in [-0.3, -0.25) is 14.5 Å². The molecule has 2 aromatic rings. The zero-order valence-electron chi connectivity index (χ0n) is 26.9. The molecule has 8 heteroatoms. The van der Waals surface area contributed by atoms with Crippen molar-refractivity contribution in [2.75, 3.05) is 45.8 Å². The number of piperidine rings is 1. The van der Waals surface area contributed by atoms with Gasteiger partial charge in [0.15, 0.2) is 0 Å². The molecule has 0 bridgehead atoms. The monoisotopic (exact) mass is 633 g/mol. The predicted octanol–water partition coefficient (Wildman–Crippen LogP) is 5.05. The van der Waals surface area contributed by atoms with Gasteiger partial charge in [-0.05, 0) is 73.5 Å². The first-order valence-corrected chi connectivity index (χ1v) is 18.0. The molecule has 0 aromatic heterocycles. The molecule has 2 saturated heterocycles. The Kier molecular flexibility index (Phi) is 11.5. The highest BCUT2D eigenvalue weighted by Gasteiger charge is 2.34. The molecule has 3 fully saturated rings. The van der Waals surface area contributed by atoms with Crippen LogP contribution in [-0.2, 0) is 29.0 Å². The highest BCUT2D eigenvalue weighted by molar-refractivity contribution is 6.30. The maximum atomic E-state index is 14.1. The number of carbonyl (C=O) groups excluding carboxylic acids is 2. The summed E-state index contributed by atoms with van der Waals surface area (Å²) in [7, 11) is 0. The van der Waals surface area contributed by atoms with Crippen LogP contribution in [0.1, 0.15) is 74.5 Å². The molecule has 0 radical (unpaired) electrons. The van der Waals surface area contributed by atoms with Crippen molar-refractivity contribution >= 4 is 23.4 Å². The molecule has 2 N–H and O–H groups in total. The van der Waals surface area contributed by atoms with E-state index in [-0.39, 0.29) is 17.9 Å². The third kappa shape index (κ3) is 8.88. The van der Waals surface area contributed by atoms with Gasteiger partial charge in [0, 0.05) is 56.8 Å². The Morgan fingerprint density at radius 1 is 0.844 bits per heavy atom. The molecule has 1 saturated carbocycles. The van der Waals surface area contributed by atoms with Gasteiger partial charge in [0.1, 0.15) is 6.04 Å².